The first-order valence-electron chi connectivity index (χ1n) is 6.36. The lowest BCUT2D eigenvalue weighted by atomic mass is 9.95. The van der Waals surface area contributed by atoms with Gasteiger partial charge in [0.05, 0.1) is 7.11 Å². The van der Waals surface area contributed by atoms with Crippen LogP contribution in [0.4, 0.5) is 0 Å². The number of carbonyl (C=O) groups excluding carboxylic acids is 1. The Labute approximate surface area is 114 Å². The van der Waals surface area contributed by atoms with Gasteiger partial charge in [-0.05, 0) is 29.7 Å². The van der Waals surface area contributed by atoms with Gasteiger partial charge in [0.15, 0.2) is 0 Å². The highest BCUT2D eigenvalue weighted by molar-refractivity contribution is 5.74. The lowest BCUT2D eigenvalue weighted by Crippen LogP contribution is -1.97. The van der Waals surface area contributed by atoms with Gasteiger partial charge < -0.3 is 9.53 Å². The summed E-state index contributed by atoms with van der Waals surface area (Å²) in [6.45, 7) is 3.96. The second kappa shape index (κ2) is 5.70. The summed E-state index contributed by atoms with van der Waals surface area (Å²) in [5.41, 5.74) is 4.40. The molecule has 0 spiro atoms. The lowest BCUT2D eigenvalue weighted by molar-refractivity contribution is -0.108. The molecule has 0 saturated carbocycles. The molecule has 2 nitrogen and oxygen atoms in total. The van der Waals surface area contributed by atoms with Crippen LogP contribution in [0.1, 0.15) is 24.0 Å². The van der Waals surface area contributed by atoms with E-state index in [1.807, 2.05) is 37.3 Å². The summed E-state index contributed by atoms with van der Waals surface area (Å²) < 4.78 is 5.47. The maximum atomic E-state index is 10.9. The van der Waals surface area contributed by atoms with Gasteiger partial charge in [-0.3, -0.25) is 0 Å². The van der Waals surface area contributed by atoms with Crippen LogP contribution in [0.5, 0.6) is 5.75 Å². The van der Waals surface area contributed by atoms with Gasteiger partial charge >= 0.3 is 0 Å². The number of rotatable bonds is 4. The van der Waals surface area contributed by atoms with Crippen molar-refractivity contribution in [3.05, 3.63) is 53.6 Å². The monoisotopic (exact) mass is 254 g/mol. The molecule has 0 N–H and O–H groups in total. The van der Waals surface area contributed by atoms with Gasteiger partial charge in [0.2, 0.25) is 0 Å². The molecule has 19 heavy (non-hydrogen) atoms. The molecular formula is C17H18O2. The predicted octanol–water partition coefficient (Wildman–Crippen LogP) is 3.97. The van der Waals surface area contributed by atoms with Crippen molar-refractivity contribution in [3.63, 3.8) is 0 Å². The van der Waals surface area contributed by atoms with E-state index in [0.717, 1.165) is 28.7 Å². The fraction of sp³-hybridized carbons (Fsp3) is 0.235. The molecule has 98 valence electrons. The van der Waals surface area contributed by atoms with Crippen LogP contribution in [-0.2, 0) is 4.79 Å². The third-order valence-electron chi connectivity index (χ3n) is 3.39. The summed E-state index contributed by atoms with van der Waals surface area (Å²) in [7, 11) is 1.66. The summed E-state index contributed by atoms with van der Waals surface area (Å²) in [6.07, 6.45) is 0.947. The third kappa shape index (κ3) is 2.68. The Hall–Kier alpha value is -2.09. The van der Waals surface area contributed by atoms with Crippen molar-refractivity contribution in [1.29, 1.82) is 0 Å². The average Bonchev–Trinajstić information content (AvgIpc) is 2.46. The van der Waals surface area contributed by atoms with Crippen LogP contribution >= 0.6 is 0 Å². The molecule has 2 aromatic carbocycles. The van der Waals surface area contributed by atoms with Gasteiger partial charge in [0.1, 0.15) is 12.0 Å². The molecule has 0 fully saturated rings. The van der Waals surface area contributed by atoms with E-state index in [0.29, 0.717) is 0 Å². The number of hydrogen-bond donors (Lipinski definition) is 0. The fourth-order valence-electron chi connectivity index (χ4n) is 2.17. The standard InChI is InChI=1S/C17H18O2/c1-12-6-4-5-7-15(12)16-9-8-14(13(2)11-18)10-17(16)19-3/h4-11,13H,1-3H3/t13-/m0/s1. The zero-order chi connectivity index (χ0) is 13.8. The van der Waals surface area contributed by atoms with Crippen molar-refractivity contribution < 1.29 is 9.53 Å². The van der Waals surface area contributed by atoms with Gasteiger partial charge in [0.25, 0.3) is 0 Å². The zero-order valence-corrected chi connectivity index (χ0v) is 11.5. The zero-order valence-electron chi connectivity index (χ0n) is 11.5. The summed E-state index contributed by atoms with van der Waals surface area (Å²) in [5, 5.41) is 0. The molecule has 0 aliphatic carbocycles. The van der Waals surface area contributed by atoms with Crippen LogP contribution in [0.15, 0.2) is 42.5 Å². The van der Waals surface area contributed by atoms with Crippen molar-refractivity contribution in [1.82, 2.24) is 0 Å². The molecule has 2 aromatic rings. The second-order valence-electron chi connectivity index (χ2n) is 4.70. The van der Waals surface area contributed by atoms with Crippen LogP contribution in [-0.4, -0.2) is 13.4 Å². The number of aldehydes is 1. The maximum absolute atomic E-state index is 10.9. The van der Waals surface area contributed by atoms with E-state index in [1.54, 1.807) is 7.11 Å². The Kier molecular flexibility index (Phi) is 4.00. The first-order chi connectivity index (χ1) is 9.17. The third-order valence-corrected chi connectivity index (χ3v) is 3.39. The first-order valence-corrected chi connectivity index (χ1v) is 6.36. The van der Waals surface area contributed by atoms with E-state index in [-0.39, 0.29) is 5.92 Å². The van der Waals surface area contributed by atoms with E-state index in [4.69, 9.17) is 4.74 Å². The maximum Gasteiger partial charge on any atom is 0.127 e. The van der Waals surface area contributed by atoms with Crippen molar-refractivity contribution in [2.75, 3.05) is 7.11 Å². The Morgan fingerprint density at radius 3 is 2.47 bits per heavy atom. The fourth-order valence-corrected chi connectivity index (χ4v) is 2.17. The van der Waals surface area contributed by atoms with E-state index >= 15 is 0 Å². The Bertz CT molecular complexity index is 588. The van der Waals surface area contributed by atoms with Crippen molar-refractivity contribution in [3.8, 4) is 16.9 Å². The van der Waals surface area contributed by atoms with Crippen molar-refractivity contribution in [2.45, 2.75) is 19.8 Å². The summed E-state index contributed by atoms with van der Waals surface area (Å²) in [4.78, 5) is 10.9. The van der Waals surface area contributed by atoms with Gasteiger partial charge in [0, 0.05) is 11.5 Å². The Morgan fingerprint density at radius 1 is 1.11 bits per heavy atom. The number of ether oxygens (including phenoxy) is 1. The highest BCUT2D eigenvalue weighted by atomic mass is 16.5. The molecule has 2 rings (SSSR count). The molecular weight excluding hydrogens is 236 g/mol. The molecule has 0 saturated heterocycles. The number of hydrogen-bond acceptors (Lipinski definition) is 2. The molecule has 0 aliphatic heterocycles. The minimum Gasteiger partial charge on any atom is -0.496 e. The van der Waals surface area contributed by atoms with Crippen LogP contribution < -0.4 is 4.74 Å². The highest BCUT2D eigenvalue weighted by Crippen LogP contribution is 2.34. The molecule has 0 radical (unpaired) electrons. The van der Waals surface area contributed by atoms with Crippen molar-refractivity contribution in [2.24, 2.45) is 0 Å². The SMILES string of the molecule is COc1cc([C@@H](C)C=O)ccc1-c1ccccc1C. The first kappa shape index (κ1) is 13.3. The number of carbonyl (C=O) groups is 1. The lowest BCUT2D eigenvalue weighted by Gasteiger charge is -2.14. The average molecular weight is 254 g/mol. The molecule has 1 atom stereocenters. The van der Waals surface area contributed by atoms with Crippen LogP contribution in [0.25, 0.3) is 11.1 Å². The van der Waals surface area contributed by atoms with Crippen LogP contribution in [0.2, 0.25) is 0 Å². The van der Waals surface area contributed by atoms with E-state index < -0.39 is 0 Å². The van der Waals surface area contributed by atoms with E-state index in [2.05, 4.69) is 19.1 Å². The largest absolute Gasteiger partial charge is 0.496 e. The molecule has 0 unspecified atom stereocenters. The van der Waals surface area contributed by atoms with Gasteiger partial charge in [-0.2, -0.15) is 0 Å². The summed E-state index contributed by atoms with van der Waals surface area (Å²) in [6, 6.07) is 14.2. The quantitative estimate of drug-likeness (QED) is 0.772. The van der Waals surface area contributed by atoms with Gasteiger partial charge in [-0.1, -0.05) is 43.3 Å². The molecule has 0 aliphatic rings. The molecule has 0 bridgehead atoms. The van der Waals surface area contributed by atoms with E-state index in [9.17, 15) is 4.79 Å². The minimum atomic E-state index is -0.111. The molecule has 0 heterocycles. The Morgan fingerprint density at radius 2 is 1.84 bits per heavy atom. The molecule has 2 heteroatoms. The normalized spacial score (nSPS) is 11.9. The summed E-state index contributed by atoms with van der Waals surface area (Å²) >= 11 is 0. The molecule has 0 aromatic heterocycles. The predicted molar refractivity (Wildman–Crippen MR) is 77.6 cm³/mol. The van der Waals surface area contributed by atoms with Gasteiger partial charge in [-0.25, -0.2) is 0 Å². The smallest absolute Gasteiger partial charge is 0.127 e. The highest BCUT2D eigenvalue weighted by Gasteiger charge is 2.11. The number of methoxy groups -OCH3 is 1. The van der Waals surface area contributed by atoms with E-state index in [1.165, 1.54) is 5.56 Å². The van der Waals surface area contributed by atoms with Crippen LogP contribution in [0, 0.1) is 6.92 Å². The van der Waals surface area contributed by atoms with Crippen LogP contribution in [0.3, 0.4) is 0 Å². The second-order valence-corrected chi connectivity index (χ2v) is 4.70. The molecule has 0 amide bonds. The van der Waals surface area contributed by atoms with Gasteiger partial charge in [-0.15, -0.1) is 0 Å². The Balaban J connectivity index is 2.53. The topological polar surface area (TPSA) is 26.3 Å². The number of benzene rings is 2. The minimum absolute atomic E-state index is 0.111. The number of aryl methyl sites for hydroxylation is 1. The van der Waals surface area contributed by atoms with Crippen molar-refractivity contribution >= 4 is 6.29 Å². The summed E-state index contributed by atoms with van der Waals surface area (Å²) in [5.74, 6) is 0.695.